The zero-order valence-corrected chi connectivity index (χ0v) is 22.0. The van der Waals surface area contributed by atoms with Crippen LogP contribution < -0.4 is 5.73 Å². The molecule has 0 bridgehead atoms. The van der Waals surface area contributed by atoms with Gasteiger partial charge in [0.15, 0.2) is 0 Å². The third-order valence-corrected chi connectivity index (χ3v) is 7.46. The molecule has 0 amide bonds. The number of nitrogens with two attached hydrogens (primary N) is 1. The van der Waals surface area contributed by atoms with Crippen LogP contribution >= 0.6 is 0 Å². The first-order valence-electron chi connectivity index (χ1n) is 12.8. The molecule has 0 aliphatic heterocycles. The van der Waals surface area contributed by atoms with Gasteiger partial charge in [-0.05, 0) is 113 Å². The second kappa shape index (κ2) is 10.3. The SMILES string of the molecule is Cc1cccc(-c2cccc(C(=Cc3ccc(N)cc3)c3ccccc3)c2-c2cccc(C)c2C)c1C. The summed E-state index contributed by atoms with van der Waals surface area (Å²) in [6, 6.07) is 38.8. The fourth-order valence-corrected chi connectivity index (χ4v) is 5.05. The molecule has 5 rings (SSSR count). The van der Waals surface area contributed by atoms with E-state index in [2.05, 4.69) is 131 Å². The van der Waals surface area contributed by atoms with E-state index in [1.165, 1.54) is 61.2 Å². The lowest BCUT2D eigenvalue weighted by Crippen LogP contribution is -1.99. The maximum absolute atomic E-state index is 6.00. The summed E-state index contributed by atoms with van der Waals surface area (Å²) < 4.78 is 0. The highest BCUT2D eigenvalue weighted by atomic mass is 14.5. The topological polar surface area (TPSA) is 26.0 Å². The summed E-state index contributed by atoms with van der Waals surface area (Å²) in [6.45, 7) is 8.85. The zero-order chi connectivity index (χ0) is 25.9. The highest BCUT2D eigenvalue weighted by Crippen LogP contribution is 2.43. The van der Waals surface area contributed by atoms with Crippen molar-refractivity contribution >= 4 is 17.3 Å². The van der Waals surface area contributed by atoms with Crippen molar-refractivity contribution in [3.63, 3.8) is 0 Å². The molecule has 37 heavy (non-hydrogen) atoms. The van der Waals surface area contributed by atoms with Gasteiger partial charge in [0.25, 0.3) is 0 Å². The molecule has 0 heterocycles. The molecule has 0 saturated heterocycles. The van der Waals surface area contributed by atoms with Crippen LogP contribution in [0.25, 0.3) is 33.9 Å². The Morgan fingerprint density at radius 1 is 0.541 bits per heavy atom. The standard InChI is InChI=1S/C36H33N/c1-24-11-8-15-31(26(24)3)33-17-10-18-34(36(33)32-16-9-12-25(2)27(32)4)35(29-13-6-5-7-14-29)23-28-19-21-30(37)22-20-28/h5-23H,37H2,1-4H3. The van der Waals surface area contributed by atoms with E-state index in [4.69, 9.17) is 5.73 Å². The fourth-order valence-electron chi connectivity index (χ4n) is 5.05. The van der Waals surface area contributed by atoms with Gasteiger partial charge < -0.3 is 5.73 Å². The van der Waals surface area contributed by atoms with Gasteiger partial charge in [-0.2, -0.15) is 0 Å². The Morgan fingerprint density at radius 2 is 1.11 bits per heavy atom. The van der Waals surface area contributed by atoms with Crippen LogP contribution in [0.2, 0.25) is 0 Å². The summed E-state index contributed by atoms with van der Waals surface area (Å²) in [6.07, 6.45) is 2.28. The van der Waals surface area contributed by atoms with Gasteiger partial charge >= 0.3 is 0 Å². The predicted molar refractivity (Wildman–Crippen MR) is 161 cm³/mol. The Balaban J connectivity index is 1.88. The molecule has 0 unspecified atom stereocenters. The number of nitrogen functional groups attached to an aromatic ring is 1. The predicted octanol–water partition coefficient (Wildman–Crippen LogP) is 9.43. The van der Waals surface area contributed by atoms with Crippen molar-refractivity contribution in [2.45, 2.75) is 27.7 Å². The van der Waals surface area contributed by atoms with E-state index >= 15 is 0 Å². The number of aryl methyl sites for hydroxylation is 2. The van der Waals surface area contributed by atoms with Crippen molar-refractivity contribution in [2.24, 2.45) is 0 Å². The molecule has 182 valence electrons. The quantitative estimate of drug-likeness (QED) is 0.197. The Labute approximate surface area is 220 Å². The molecule has 2 N–H and O–H groups in total. The van der Waals surface area contributed by atoms with E-state index in [0.717, 1.165) is 11.3 Å². The summed E-state index contributed by atoms with van der Waals surface area (Å²) in [5.41, 5.74) is 21.8. The molecule has 1 heteroatoms. The Morgan fingerprint density at radius 3 is 1.78 bits per heavy atom. The monoisotopic (exact) mass is 479 g/mol. The molecule has 0 aliphatic carbocycles. The molecule has 0 saturated carbocycles. The summed E-state index contributed by atoms with van der Waals surface area (Å²) >= 11 is 0. The van der Waals surface area contributed by atoms with Crippen LogP contribution in [-0.2, 0) is 0 Å². The first-order chi connectivity index (χ1) is 17.9. The molecule has 1 nitrogen and oxygen atoms in total. The van der Waals surface area contributed by atoms with Crippen LogP contribution in [-0.4, -0.2) is 0 Å². The van der Waals surface area contributed by atoms with Gasteiger partial charge in [-0.1, -0.05) is 97.1 Å². The summed E-state index contributed by atoms with van der Waals surface area (Å²) in [4.78, 5) is 0. The minimum Gasteiger partial charge on any atom is -0.399 e. The van der Waals surface area contributed by atoms with E-state index in [1.54, 1.807) is 0 Å². The molecule has 0 fully saturated rings. The summed E-state index contributed by atoms with van der Waals surface area (Å²) in [5.74, 6) is 0. The maximum atomic E-state index is 6.00. The van der Waals surface area contributed by atoms with Crippen LogP contribution in [0.15, 0.2) is 109 Å². The van der Waals surface area contributed by atoms with Crippen LogP contribution in [0.1, 0.15) is 38.9 Å². The van der Waals surface area contributed by atoms with Crippen molar-refractivity contribution in [2.75, 3.05) is 5.73 Å². The van der Waals surface area contributed by atoms with Gasteiger partial charge in [-0.25, -0.2) is 0 Å². The van der Waals surface area contributed by atoms with E-state index in [9.17, 15) is 0 Å². The van der Waals surface area contributed by atoms with Crippen LogP contribution in [0.3, 0.4) is 0 Å². The second-order valence-corrected chi connectivity index (χ2v) is 9.81. The lowest BCUT2D eigenvalue weighted by Gasteiger charge is -2.22. The third kappa shape index (κ3) is 4.86. The van der Waals surface area contributed by atoms with Gasteiger partial charge in [0.1, 0.15) is 0 Å². The maximum Gasteiger partial charge on any atom is 0.0314 e. The average Bonchev–Trinajstić information content (AvgIpc) is 2.92. The van der Waals surface area contributed by atoms with Crippen molar-refractivity contribution in [3.05, 3.63) is 148 Å². The minimum atomic E-state index is 0.770. The summed E-state index contributed by atoms with van der Waals surface area (Å²) in [7, 11) is 0. The molecule has 0 spiro atoms. The minimum absolute atomic E-state index is 0.770. The Kier molecular flexibility index (Phi) is 6.79. The Bertz CT molecular complexity index is 1590. The largest absolute Gasteiger partial charge is 0.399 e. The van der Waals surface area contributed by atoms with E-state index in [0.29, 0.717) is 0 Å². The van der Waals surface area contributed by atoms with Crippen LogP contribution in [0.5, 0.6) is 0 Å². The molecule has 5 aromatic carbocycles. The lowest BCUT2D eigenvalue weighted by atomic mass is 9.82. The smallest absolute Gasteiger partial charge is 0.0314 e. The number of benzene rings is 5. The number of hydrogen-bond acceptors (Lipinski definition) is 1. The first-order valence-corrected chi connectivity index (χ1v) is 12.8. The normalized spacial score (nSPS) is 11.5. The first kappa shape index (κ1) is 24.3. The highest BCUT2D eigenvalue weighted by Gasteiger charge is 2.19. The molecule has 0 radical (unpaired) electrons. The number of anilines is 1. The average molecular weight is 480 g/mol. The van der Waals surface area contributed by atoms with Gasteiger partial charge in [0, 0.05) is 5.69 Å². The van der Waals surface area contributed by atoms with Gasteiger partial charge in [-0.15, -0.1) is 0 Å². The fraction of sp³-hybridized carbons (Fsp3) is 0.111. The molecular weight excluding hydrogens is 446 g/mol. The van der Waals surface area contributed by atoms with Crippen LogP contribution in [0, 0.1) is 27.7 Å². The van der Waals surface area contributed by atoms with Crippen molar-refractivity contribution in [1.29, 1.82) is 0 Å². The third-order valence-electron chi connectivity index (χ3n) is 7.46. The molecule has 0 atom stereocenters. The zero-order valence-electron chi connectivity index (χ0n) is 22.0. The lowest BCUT2D eigenvalue weighted by molar-refractivity contribution is 1.32. The molecule has 5 aromatic rings. The van der Waals surface area contributed by atoms with Gasteiger partial charge in [0.05, 0.1) is 0 Å². The van der Waals surface area contributed by atoms with Crippen molar-refractivity contribution in [1.82, 2.24) is 0 Å². The van der Waals surface area contributed by atoms with Crippen molar-refractivity contribution < 1.29 is 0 Å². The van der Waals surface area contributed by atoms with Crippen molar-refractivity contribution in [3.8, 4) is 22.3 Å². The number of rotatable bonds is 5. The van der Waals surface area contributed by atoms with E-state index in [-0.39, 0.29) is 0 Å². The molecular formula is C36H33N. The Hall–Kier alpha value is -4.36. The van der Waals surface area contributed by atoms with Gasteiger partial charge in [0.2, 0.25) is 0 Å². The second-order valence-electron chi connectivity index (χ2n) is 9.81. The molecule has 0 aromatic heterocycles. The summed E-state index contributed by atoms with van der Waals surface area (Å²) in [5, 5.41) is 0. The van der Waals surface area contributed by atoms with Crippen LogP contribution in [0.4, 0.5) is 5.69 Å². The molecule has 0 aliphatic rings. The number of hydrogen-bond donors (Lipinski definition) is 1. The van der Waals surface area contributed by atoms with Gasteiger partial charge in [-0.3, -0.25) is 0 Å². The highest BCUT2D eigenvalue weighted by molar-refractivity contribution is 6.01. The van der Waals surface area contributed by atoms with E-state index < -0.39 is 0 Å². The van der Waals surface area contributed by atoms with E-state index in [1.807, 2.05) is 12.1 Å².